The second-order valence-corrected chi connectivity index (χ2v) is 8.38. The number of rotatable bonds is 12. The van der Waals surface area contributed by atoms with Gasteiger partial charge in [-0.3, -0.25) is 9.89 Å². The van der Waals surface area contributed by atoms with Gasteiger partial charge in [0.05, 0.1) is 12.7 Å². The average Bonchev–Trinajstić information content (AvgIpc) is 3.35. The molecule has 2 fully saturated rings. The van der Waals surface area contributed by atoms with Crippen LogP contribution in [0.3, 0.4) is 0 Å². The zero-order valence-corrected chi connectivity index (χ0v) is 22.4. The summed E-state index contributed by atoms with van der Waals surface area (Å²) in [5.74, 6) is 1.69. The minimum absolute atomic E-state index is 0. The molecule has 1 unspecified atom stereocenters. The van der Waals surface area contributed by atoms with Crippen LogP contribution in [0.4, 0.5) is 0 Å². The molecule has 2 saturated heterocycles. The third kappa shape index (κ3) is 10.8. The first-order chi connectivity index (χ1) is 15.7. The quantitative estimate of drug-likeness (QED) is 0.172. The van der Waals surface area contributed by atoms with E-state index in [9.17, 15) is 0 Å². The van der Waals surface area contributed by atoms with E-state index in [4.69, 9.17) is 18.9 Å². The van der Waals surface area contributed by atoms with Gasteiger partial charge in [0.15, 0.2) is 5.96 Å². The van der Waals surface area contributed by atoms with Crippen LogP contribution >= 0.6 is 24.0 Å². The van der Waals surface area contributed by atoms with Gasteiger partial charge in [-0.2, -0.15) is 0 Å². The molecule has 1 aromatic rings. The van der Waals surface area contributed by atoms with E-state index in [1.807, 2.05) is 12.1 Å². The number of likely N-dealkylation sites (N-methyl/N-ethyl adjacent to an activating group) is 1. The Bertz CT molecular complexity index is 682. The van der Waals surface area contributed by atoms with Crippen molar-refractivity contribution < 1.29 is 18.9 Å². The van der Waals surface area contributed by atoms with Crippen LogP contribution in [0.25, 0.3) is 0 Å². The molecule has 2 heterocycles. The molecule has 1 aromatic carbocycles. The van der Waals surface area contributed by atoms with Crippen LogP contribution in [0, 0.1) is 0 Å². The van der Waals surface area contributed by atoms with Gasteiger partial charge >= 0.3 is 0 Å². The number of hydrogen-bond donors (Lipinski definition) is 2. The summed E-state index contributed by atoms with van der Waals surface area (Å²) in [6.07, 6.45) is 4.42. The van der Waals surface area contributed by atoms with E-state index in [2.05, 4.69) is 39.7 Å². The van der Waals surface area contributed by atoms with E-state index < -0.39 is 0 Å². The molecular formula is C24H41IN4O4. The van der Waals surface area contributed by atoms with E-state index >= 15 is 0 Å². The summed E-state index contributed by atoms with van der Waals surface area (Å²) in [6, 6.07) is 8.84. The molecule has 2 aliphatic heterocycles. The number of nitrogens with zero attached hydrogens (tertiary/aromatic N) is 2. The zero-order chi connectivity index (χ0) is 22.4. The largest absolute Gasteiger partial charge is 0.492 e. The number of benzene rings is 1. The topological polar surface area (TPSA) is 76.6 Å². The van der Waals surface area contributed by atoms with Crippen LogP contribution in [0.1, 0.15) is 31.2 Å². The summed E-state index contributed by atoms with van der Waals surface area (Å²) >= 11 is 0. The maximum absolute atomic E-state index is 6.01. The van der Waals surface area contributed by atoms with Gasteiger partial charge in [-0.15, -0.1) is 24.0 Å². The predicted octanol–water partition coefficient (Wildman–Crippen LogP) is 2.65. The Balaban J connectivity index is 0.00000385. The lowest BCUT2D eigenvalue weighted by atomic mass is 10.1. The third-order valence-electron chi connectivity index (χ3n) is 5.96. The number of guanidine groups is 1. The van der Waals surface area contributed by atoms with Crippen molar-refractivity contribution >= 4 is 29.9 Å². The second kappa shape index (κ2) is 16.5. The van der Waals surface area contributed by atoms with Crippen molar-refractivity contribution in [3.8, 4) is 5.75 Å². The highest BCUT2D eigenvalue weighted by molar-refractivity contribution is 14.0. The summed E-state index contributed by atoms with van der Waals surface area (Å²) in [7, 11) is 3.96. The van der Waals surface area contributed by atoms with Crippen molar-refractivity contribution in [2.45, 2.75) is 44.4 Å². The number of aliphatic imine (C=N–C) groups is 1. The molecule has 33 heavy (non-hydrogen) atoms. The van der Waals surface area contributed by atoms with Gasteiger partial charge in [0.25, 0.3) is 0 Å². The Morgan fingerprint density at radius 2 is 1.94 bits per heavy atom. The number of halogens is 1. The van der Waals surface area contributed by atoms with E-state index in [0.29, 0.717) is 19.2 Å². The fraction of sp³-hybridized carbons (Fsp3) is 0.708. The van der Waals surface area contributed by atoms with Gasteiger partial charge in [0, 0.05) is 59.2 Å². The van der Waals surface area contributed by atoms with Crippen LogP contribution in [0.15, 0.2) is 29.3 Å². The maximum Gasteiger partial charge on any atom is 0.191 e. The lowest BCUT2D eigenvalue weighted by Gasteiger charge is -2.31. The van der Waals surface area contributed by atoms with Crippen molar-refractivity contribution in [3.63, 3.8) is 0 Å². The van der Waals surface area contributed by atoms with Gasteiger partial charge in [0.2, 0.25) is 0 Å². The van der Waals surface area contributed by atoms with Crippen LogP contribution in [-0.4, -0.2) is 89.8 Å². The Morgan fingerprint density at radius 3 is 2.70 bits per heavy atom. The summed E-state index contributed by atoms with van der Waals surface area (Å²) in [5.41, 5.74) is 1.16. The number of ether oxygens (including phenoxy) is 4. The summed E-state index contributed by atoms with van der Waals surface area (Å²) in [5, 5.41) is 6.70. The Morgan fingerprint density at radius 1 is 1.12 bits per heavy atom. The summed E-state index contributed by atoms with van der Waals surface area (Å²) in [4.78, 5) is 6.69. The normalized spacial score (nSPS) is 19.4. The fourth-order valence-corrected chi connectivity index (χ4v) is 3.94. The van der Waals surface area contributed by atoms with Crippen LogP contribution in [0.5, 0.6) is 5.75 Å². The van der Waals surface area contributed by atoms with Crippen LogP contribution in [0.2, 0.25) is 0 Å². The molecule has 0 amide bonds. The third-order valence-corrected chi connectivity index (χ3v) is 5.96. The molecule has 8 nitrogen and oxygen atoms in total. The lowest BCUT2D eigenvalue weighted by molar-refractivity contribution is 0.0392. The van der Waals surface area contributed by atoms with Gasteiger partial charge in [0.1, 0.15) is 12.4 Å². The Hall–Kier alpha value is -1.14. The van der Waals surface area contributed by atoms with Gasteiger partial charge in [-0.25, -0.2) is 0 Å². The van der Waals surface area contributed by atoms with Gasteiger partial charge in [-0.05, 0) is 50.4 Å². The van der Waals surface area contributed by atoms with E-state index in [0.717, 1.165) is 89.1 Å². The van der Waals surface area contributed by atoms with Gasteiger partial charge in [-0.1, -0.05) is 12.1 Å². The first-order valence-electron chi connectivity index (χ1n) is 11.9. The fourth-order valence-electron chi connectivity index (χ4n) is 3.94. The molecule has 0 aromatic heterocycles. The molecule has 2 N–H and O–H groups in total. The average molecular weight is 577 g/mol. The monoisotopic (exact) mass is 576 g/mol. The molecular weight excluding hydrogens is 535 g/mol. The molecule has 1 atom stereocenters. The number of hydrogen-bond acceptors (Lipinski definition) is 6. The van der Waals surface area contributed by atoms with E-state index in [-0.39, 0.29) is 30.1 Å². The molecule has 0 radical (unpaired) electrons. The van der Waals surface area contributed by atoms with Crippen LogP contribution in [-0.2, 0) is 20.8 Å². The molecule has 0 saturated carbocycles. The smallest absolute Gasteiger partial charge is 0.191 e. The predicted molar refractivity (Wildman–Crippen MR) is 142 cm³/mol. The van der Waals surface area contributed by atoms with Crippen molar-refractivity contribution in [1.82, 2.24) is 15.5 Å². The molecule has 2 aliphatic rings. The summed E-state index contributed by atoms with van der Waals surface area (Å²) in [6.45, 7) is 7.13. The SMILES string of the molecule is CN=C(NCCCOC1CCOC1)NCc1cccc(OCCN(C)C2CCOCC2)c1.I. The standard InChI is InChI=1S/C24H40N4O4.HI/c1-25-24(26-10-4-12-31-23-9-15-30-19-23)27-18-20-5-3-6-22(17-20)32-16-11-28(2)21-7-13-29-14-8-21;/h3,5-6,17,21,23H,4,7-16,18-19H2,1-2H3,(H2,25,26,27);1H. The second-order valence-electron chi connectivity index (χ2n) is 8.38. The first kappa shape index (κ1) is 28.1. The minimum Gasteiger partial charge on any atom is -0.492 e. The Labute approximate surface area is 215 Å². The number of nitrogens with one attached hydrogen (secondary N) is 2. The summed E-state index contributed by atoms with van der Waals surface area (Å²) < 4.78 is 22.6. The molecule has 188 valence electrons. The van der Waals surface area contributed by atoms with Crippen molar-refractivity contribution in [2.24, 2.45) is 4.99 Å². The molecule has 0 aliphatic carbocycles. The lowest BCUT2D eigenvalue weighted by Crippen LogP contribution is -2.38. The molecule has 9 heteroatoms. The first-order valence-corrected chi connectivity index (χ1v) is 11.9. The zero-order valence-electron chi connectivity index (χ0n) is 20.1. The molecule has 3 rings (SSSR count). The molecule has 0 bridgehead atoms. The van der Waals surface area contributed by atoms with Crippen LogP contribution < -0.4 is 15.4 Å². The highest BCUT2D eigenvalue weighted by atomic mass is 127. The highest BCUT2D eigenvalue weighted by Gasteiger charge is 2.18. The van der Waals surface area contributed by atoms with Crippen molar-refractivity contribution in [2.75, 3.05) is 66.8 Å². The van der Waals surface area contributed by atoms with E-state index in [1.165, 1.54) is 0 Å². The van der Waals surface area contributed by atoms with E-state index in [1.54, 1.807) is 7.05 Å². The molecule has 0 spiro atoms. The van der Waals surface area contributed by atoms with Crippen molar-refractivity contribution in [3.05, 3.63) is 29.8 Å². The minimum atomic E-state index is 0. The Kier molecular flexibility index (Phi) is 14.0. The highest BCUT2D eigenvalue weighted by Crippen LogP contribution is 2.15. The van der Waals surface area contributed by atoms with Crippen molar-refractivity contribution in [1.29, 1.82) is 0 Å². The maximum atomic E-state index is 6.01. The van der Waals surface area contributed by atoms with Gasteiger partial charge < -0.3 is 29.6 Å².